The lowest BCUT2D eigenvalue weighted by Crippen LogP contribution is -2.57. The summed E-state index contributed by atoms with van der Waals surface area (Å²) < 4.78 is 5.53. The highest BCUT2D eigenvalue weighted by Gasteiger charge is 2.52. The Morgan fingerprint density at radius 2 is 1.57 bits per heavy atom. The van der Waals surface area contributed by atoms with Crippen molar-refractivity contribution in [2.75, 3.05) is 26.3 Å². The molecule has 3 aliphatic rings. The zero-order valence-corrected chi connectivity index (χ0v) is 8.93. The van der Waals surface area contributed by atoms with Crippen molar-refractivity contribution in [3.05, 3.63) is 0 Å². The molecule has 0 atom stereocenters. The molecule has 2 nitrogen and oxygen atoms in total. The molecule has 2 heterocycles. The number of nitrogens with one attached hydrogen (secondary N) is 1. The summed E-state index contributed by atoms with van der Waals surface area (Å²) >= 11 is 0. The van der Waals surface area contributed by atoms with Crippen LogP contribution < -0.4 is 5.32 Å². The first kappa shape index (κ1) is 9.17. The van der Waals surface area contributed by atoms with Gasteiger partial charge >= 0.3 is 0 Å². The zero-order valence-electron chi connectivity index (χ0n) is 8.93. The Bertz CT molecular complexity index is 202. The maximum absolute atomic E-state index is 5.53. The Kier molecular flexibility index (Phi) is 2.29. The SMILES string of the molecule is C1CC(C2(C3CCNCC3)COC2)C1. The minimum absolute atomic E-state index is 0.625. The van der Waals surface area contributed by atoms with E-state index in [0.717, 1.165) is 25.0 Å². The average Bonchev–Trinajstić information content (AvgIpc) is 2.09. The topological polar surface area (TPSA) is 21.3 Å². The van der Waals surface area contributed by atoms with E-state index in [0.29, 0.717) is 5.41 Å². The normalized spacial score (nSPS) is 33.4. The van der Waals surface area contributed by atoms with Crippen molar-refractivity contribution in [2.24, 2.45) is 17.3 Å². The molecule has 0 bridgehead atoms. The summed E-state index contributed by atoms with van der Waals surface area (Å²) in [6.45, 7) is 4.61. The number of rotatable bonds is 2. The van der Waals surface area contributed by atoms with Crippen molar-refractivity contribution >= 4 is 0 Å². The third kappa shape index (κ3) is 1.24. The summed E-state index contributed by atoms with van der Waals surface area (Å²) in [5, 5.41) is 3.47. The second-order valence-corrected chi connectivity index (χ2v) is 5.38. The molecule has 0 radical (unpaired) electrons. The van der Waals surface area contributed by atoms with Crippen LogP contribution in [-0.4, -0.2) is 26.3 Å². The quantitative estimate of drug-likeness (QED) is 0.725. The van der Waals surface area contributed by atoms with Gasteiger partial charge in [0.1, 0.15) is 0 Å². The van der Waals surface area contributed by atoms with E-state index in [-0.39, 0.29) is 0 Å². The smallest absolute Gasteiger partial charge is 0.0550 e. The van der Waals surface area contributed by atoms with Crippen molar-refractivity contribution in [3.8, 4) is 0 Å². The largest absolute Gasteiger partial charge is 0.380 e. The summed E-state index contributed by atoms with van der Waals surface area (Å²) in [7, 11) is 0. The van der Waals surface area contributed by atoms with E-state index in [4.69, 9.17) is 4.74 Å². The molecule has 1 aliphatic carbocycles. The Morgan fingerprint density at radius 1 is 0.929 bits per heavy atom. The lowest BCUT2D eigenvalue weighted by molar-refractivity contribution is -0.197. The summed E-state index contributed by atoms with van der Waals surface area (Å²) in [5.41, 5.74) is 0.625. The number of piperidine rings is 1. The van der Waals surface area contributed by atoms with Gasteiger partial charge in [-0.05, 0) is 50.6 Å². The Morgan fingerprint density at radius 3 is 2.00 bits per heavy atom. The van der Waals surface area contributed by atoms with Crippen LogP contribution in [0.3, 0.4) is 0 Å². The number of hydrogen-bond acceptors (Lipinski definition) is 2. The van der Waals surface area contributed by atoms with Gasteiger partial charge in [-0.3, -0.25) is 0 Å². The Labute approximate surface area is 86.4 Å². The molecule has 1 saturated carbocycles. The van der Waals surface area contributed by atoms with E-state index in [1.54, 1.807) is 0 Å². The fraction of sp³-hybridized carbons (Fsp3) is 1.00. The first-order valence-electron chi connectivity index (χ1n) is 6.20. The Balaban J connectivity index is 1.71. The maximum atomic E-state index is 5.53. The van der Waals surface area contributed by atoms with Gasteiger partial charge in [-0.2, -0.15) is 0 Å². The average molecular weight is 195 g/mol. The molecule has 3 rings (SSSR count). The fourth-order valence-corrected chi connectivity index (χ4v) is 3.52. The molecule has 0 aromatic rings. The van der Waals surface area contributed by atoms with Crippen LogP contribution in [0.15, 0.2) is 0 Å². The second-order valence-electron chi connectivity index (χ2n) is 5.38. The fourth-order valence-electron chi connectivity index (χ4n) is 3.52. The molecule has 1 N–H and O–H groups in total. The maximum Gasteiger partial charge on any atom is 0.0550 e. The van der Waals surface area contributed by atoms with Crippen LogP contribution in [0.5, 0.6) is 0 Å². The van der Waals surface area contributed by atoms with E-state index >= 15 is 0 Å². The molecule has 0 amide bonds. The van der Waals surface area contributed by atoms with Gasteiger partial charge in [-0.1, -0.05) is 6.42 Å². The van der Waals surface area contributed by atoms with Gasteiger partial charge in [0, 0.05) is 5.41 Å². The predicted molar refractivity (Wildman–Crippen MR) is 56.2 cm³/mol. The van der Waals surface area contributed by atoms with Crippen LogP contribution in [0, 0.1) is 17.3 Å². The first-order valence-corrected chi connectivity index (χ1v) is 6.20. The van der Waals surface area contributed by atoms with E-state index in [1.807, 2.05) is 0 Å². The van der Waals surface area contributed by atoms with E-state index in [1.165, 1.54) is 45.2 Å². The van der Waals surface area contributed by atoms with E-state index < -0.39 is 0 Å². The van der Waals surface area contributed by atoms with E-state index in [9.17, 15) is 0 Å². The monoisotopic (exact) mass is 195 g/mol. The molecule has 0 unspecified atom stereocenters. The highest BCUT2D eigenvalue weighted by Crippen LogP contribution is 2.53. The molecule has 80 valence electrons. The van der Waals surface area contributed by atoms with Gasteiger partial charge in [-0.25, -0.2) is 0 Å². The summed E-state index contributed by atoms with van der Waals surface area (Å²) in [6, 6.07) is 0. The minimum atomic E-state index is 0.625. The molecule has 0 aromatic heterocycles. The van der Waals surface area contributed by atoms with Gasteiger partial charge in [0.15, 0.2) is 0 Å². The van der Waals surface area contributed by atoms with Gasteiger partial charge in [0.25, 0.3) is 0 Å². The molecule has 2 saturated heterocycles. The highest BCUT2D eigenvalue weighted by molar-refractivity contribution is 5.00. The molecular formula is C12H21NO. The Hall–Kier alpha value is -0.0800. The number of hydrogen-bond donors (Lipinski definition) is 1. The molecule has 2 heteroatoms. The molecule has 14 heavy (non-hydrogen) atoms. The van der Waals surface area contributed by atoms with Crippen LogP contribution >= 0.6 is 0 Å². The zero-order chi connectivity index (χ0) is 9.43. The van der Waals surface area contributed by atoms with Crippen LogP contribution in [0.1, 0.15) is 32.1 Å². The lowest BCUT2D eigenvalue weighted by atomic mass is 9.56. The summed E-state index contributed by atoms with van der Waals surface area (Å²) in [4.78, 5) is 0. The van der Waals surface area contributed by atoms with Crippen LogP contribution in [0.2, 0.25) is 0 Å². The van der Waals surface area contributed by atoms with Gasteiger partial charge in [-0.15, -0.1) is 0 Å². The summed E-state index contributed by atoms with van der Waals surface area (Å²) in [6.07, 6.45) is 7.21. The lowest BCUT2D eigenvalue weighted by Gasteiger charge is -2.56. The van der Waals surface area contributed by atoms with Gasteiger partial charge < -0.3 is 10.1 Å². The molecular weight excluding hydrogens is 174 g/mol. The van der Waals surface area contributed by atoms with Gasteiger partial charge in [0.2, 0.25) is 0 Å². The van der Waals surface area contributed by atoms with Crippen LogP contribution in [-0.2, 0) is 4.74 Å². The van der Waals surface area contributed by atoms with Crippen LogP contribution in [0.4, 0.5) is 0 Å². The minimum Gasteiger partial charge on any atom is -0.380 e. The first-order chi connectivity index (χ1) is 6.92. The standard InChI is InChI=1S/C12H21NO/c1-2-10(3-1)12(8-14-9-12)11-4-6-13-7-5-11/h10-11,13H,1-9H2. The molecule has 0 aromatic carbocycles. The van der Waals surface area contributed by atoms with Crippen molar-refractivity contribution in [2.45, 2.75) is 32.1 Å². The predicted octanol–water partition coefficient (Wildman–Crippen LogP) is 1.80. The summed E-state index contributed by atoms with van der Waals surface area (Å²) in [5.74, 6) is 1.97. The van der Waals surface area contributed by atoms with Crippen molar-refractivity contribution in [3.63, 3.8) is 0 Å². The highest BCUT2D eigenvalue weighted by atomic mass is 16.5. The van der Waals surface area contributed by atoms with Crippen molar-refractivity contribution in [1.29, 1.82) is 0 Å². The molecule has 2 aliphatic heterocycles. The third-order valence-electron chi connectivity index (χ3n) is 4.81. The van der Waals surface area contributed by atoms with Crippen LogP contribution in [0.25, 0.3) is 0 Å². The van der Waals surface area contributed by atoms with Gasteiger partial charge in [0.05, 0.1) is 13.2 Å². The van der Waals surface area contributed by atoms with E-state index in [2.05, 4.69) is 5.32 Å². The third-order valence-corrected chi connectivity index (χ3v) is 4.81. The van der Waals surface area contributed by atoms with Crippen molar-refractivity contribution < 1.29 is 4.74 Å². The molecule has 3 fully saturated rings. The van der Waals surface area contributed by atoms with Crippen molar-refractivity contribution in [1.82, 2.24) is 5.32 Å². The molecule has 0 spiro atoms. The second kappa shape index (κ2) is 3.49. The number of ether oxygens (including phenoxy) is 1.